The fourth-order valence-corrected chi connectivity index (χ4v) is 3.07. The van der Waals surface area contributed by atoms with Crippen LogP contribution >= 0.6 is 0 Å². The molecule has 1 N–H and O–H groups in total. The fourth-order valence-electron chi connectivity index (χ4n) is 3.07. The van der Waals surface area contributed by atoms with Crippen molar-refractivity contribution >= 4 is 11.9 Å². The number of carbonyl (C=O) groups is 2. The number of benzene rings is 1. The Balaban J connectivity index is 1.53. The molecule has 1 unspecified atom stereocenters. The van der Waals surface area contributed by atoms with Crippen LogP contribution in [0.1, 0.15) is 18.4 Å². The van der Waals surface area contributed by atoms with E-state index >= 15 is 0 Å². The van der Waals surface area contributed by atoms with Gasteiger partial charge >= 0.3 is 6.09 Å². The minimum Gasteiger partial charge on any atom is -0.445 e. The van der Waals surface area contributed by atoms with Crippen LogP contribution in [0.25, 0.3) is 0 Å². The second kappa shape index (κ2) is 5.85. The number of ether oxygens (including phenoxy) is 1. The van der Waals surface area contributed by atoms with Gasteiger partial charge in [-0.1, -0.05) is 30.3 Å². The van der Waals surface area contributed by atoms with Gasteiger partial charge in [0, 0.05) is 18.5 Å². The molecule has 5 heteroatoms. The summed E-state index contributed by atoms with van der Waals surface area (Å²) in [6, 6.07) is 9.56. The molecule has 1 atom stereocenters. The van der Waals surface area contributed by atoms with Crippen LogP contribution in [0.5, 0.6) is 0 Å². The summed E-state index contributed by atoms with van der Waals surface area (Å²) in [6.07, 6.45) is 1.23. The zero-order valence-corrected chi connectivity index (χ0v) is 12.0. The molecule has 2 heterocycles. The summed E-state index contributed by atoms with van der Waals surface area (Å²) >= 11 is 0. The van der Waals surface area contributed by atoms with E-state index in [4.69, 9.17) is 4.74 Å². The Bertz CT molecular complexity index is 524. The molecule has 1 aromatic carbocycles. The van der Waals surface area contributed by atoms with Crippen molar-refractivity contribution in [1.29, 1.82) is 0 Å². The zero-order chi connectivity index (χ0) is 14.7. The molecule has 1 amide bonds. The summed E-state index contributed by atoms with van der Waals surface area (Å²) in [6.45, 7) is 2.66. The summed E-state index contributed by atoms with van der Waals surface area (Å²) in [5.74, 6) is 0.162. The van der Waals surface area contributed by atoms with Crippen LogP contribution in [0, 0.1) is 5.41 Å². The lowest BCUT2D eigenvalue weighted by atomic mass is 9.77. The first-order chi connectivity index (χ1) is 10.2. The Kier molecular flexibility index (Phi) is 3.92. The lowest BCUT2D eigenvalue weighted by Gasteiger charge is -2.36. The maximum Gasteiger partial charge on any atom is 0.410 e. The Hall–Kier alpha value is -1.88. The van der Waals surface area contributed by atoms with Crippen LogP contribution in [-0.2, 0) is 16.1 Å². The van der Waals surface area contributed by atoms with Gasteiger partial charge < -0.3 is 15.0 Å². The SMILES string of the molecule is O=C(OCc1ccccc1)N1CCC2(CCNC2)C(=O)C1. The van der Waals surface area contributed by atoms with Crippen LogP contribution in [0.2, 0.25) is 0 Å². The predicted octanol–water partition coefficient (Wildman–Crippen LogP) is 1.58. The standard InChI is InChI=1S/C16H20N2O3/c19-14-10-18(9-7-16(14)6-8-17-12-16)15(20)21-11-13-4-2-1-3-5-13/h1-5,17H,6-12H2. The molecule has 21 heavy (non-hydrogen) atoms. The summed E-state index contributed by atoms with van der Waals surface area (Å²) < 4.78 is 5.29. The van der Waals surface area contributed by atoms with Gasteiger partial charge in [0.2, 0.25) is 0 Å². The number of carbonyl (C=O) groups excluding carboxylic acids is 2. The normalized spacial score (nSPS) is 25.3. The Morgan fingerprint density at radius 1 is 1.29 bits per heavy atom. The minimum atomic E-state index is -0.395. The number of hydrogen-bond acceptors (Lipinski definition) is 4. The number of Topliss-reactive ketones (excluding diaryl/α,β-unsaturated/α-hetero) is 1. The Labute approximate surface area is 124 Å². The second-order valence-electron chi connectivity index (χ2n) is 5.84. The first-order valence-corrected chi connectivity index (χ1v) is 7.39. The highest BCUT2D eigenvalue weighted by molar-refractivity contribution is 5.90. The highest BCUT2D eigenvalue weighted by atomic mass is 16.6. The van der Waals surface area contributed by atoms with Gasteiger partial charge in [0.05, 0.1) is 6.54 Å². The van der Waals surface area contributed by atoms with E-state index in [0.717, 1.165) is 31.5 Å². The molecule has 0 radical (unpaired) electrons. The maximum absolute atomic E-state index is 12.3. The molecule has 2 saturated heterocycles. The summed E-state index contributed by atoms with van der Waals surface area (Å²) in [5, 5.41) is 3.25. The quantitative estimate of drug-likeness (QED) is 0.897. The van der Waals surface area contributed by atoms with Crippen molar-refractivity contribution < 1.29 is 14.3 Å². The Morgan fingerprint density at radius 3 is 2.76 bits per heavy atom. The van der Waals surface area contributed by atoms with Gasteiger partial charge in [-0.05, 0) is 24.9 Å². The molecule has 2 aliphatic rings. The smallest absolute Gasteiger partial charge is 0.410 e. The number of nitrogens with zero attached hydrogens (tertiary/aromatic N) is 1. The van der Waals surface area contributed by atoms with Crippen molar-refractivity contribution in [3.63, 3.8) is 0 Å². The van der Waals surface area contributed by atoms with Crippen molar-refractivity contribution in [2.24, 2.45) is 5.41 Å². The van der Waals surface area contributed by atoms with Gasteiger partial charge in [0.25, 0.3) is 0 Å². The van der Waals surface area contributed by atoms with Gasteiger partial charge in [-0.15, -0.1) is 0 Å². The molecule has 0 aromatic heterocycles. The van der Waals surface area contributed by atoms with Gasteiger partial charge in [-0.25, -0.2) is 4.79 Å². The highest BCUT2D eigenvalue weighted by Crippen LogP contribution is 2.34. The van der Waals surface area contributed by atoms with E-state index in [2.05, 4.69) is 5.32 Å². The molecular weight excluding hydrogens is 268 g/mol. The average molecular weight is 288 g/mol. The van der Waals surface area contributed by atoms with Crippen LogP contribution in [0.15, 0.2) is 30.3 Å². The molecule has 3 rings (SSSR count). The fraction of sp³-hybridized carbons (Fsp3) is 0.500. The monoisotopic (exact) mass is 288 g/mol. The molecule has 0 saturated carbocycles. The van der Waals surface area contributed by atoms with Crippen molar-refractivity contribution in [3.8, 4) is 0 Å². The van der Waals surface area contributed by atoms with Gasteiger partial charge in [-0.3, -0.25) is 4.79 Å². The van der Waals surface area contributed by atoms with Crippen LogP contribution in [-0.4, -0.2) is 43.0 Å². The number of hydrogen-bond donors (Lipinski definition) is 1. The molecule has 5 nitrogen and oxygen atoms in total. The van der Waals surface area contributed by atoms with E-state index in [1.807, 2.05) is 30.3 Å². The van der Waals surface area contributed by atoms with Gasteiger partial charge in [-0.2, -0.15) is 0 Å². The second-order valence-corrected chi connectivity index (χ2v) is 5.84. The molecule has 1 aromatic rings. The molecule has 1 spiro atoms. The average Bonchev–Trinajstić information content (AvgIpc) is 2.99. The largest absolute Gasteiger partial charge is 0.445 e. The molecule has 112 valence electrons. The van der Waals surface area contributed by atoms with Crippen molar-refractivity contribution in [1.82, 2.24) is 10.2 Å². The topological polar surface area (TPSA) is 58.6 Å². The number of amides is 1. The van der Waals surface area contributed by atoms with Crippen molar-refractivity contribution in [2.75, 3.05) is 26.2 Å². The van der Waals surface area contributed by atoms with E-state index in [9.17, 15) is 9.59 Å². The lowest BCUT2D eigenvalue weighted by molar-refractivity contribution is -0.132. The van der Waals surface area contributed by atoms with Crippen LogP contribution in [0.3, 0.4) is 0 Å². The third-order valence-corrected chi connectivity index (χ3v) is 4.49. The lowest BCUT2D eigenvalue weighted by Crippen LogP contribution is -2.51. The zero-order valence-electron chi connectivity index (χ0n) is 12.0. The van der Waals surface area contributed by atoms with Gasteiger partial charge in [0.1, 0.15) is 6.61 Å². The van der Waals surface area contributed by atoms with Crippen molar-refractivity contribution in [2.45, 2.75) is 19.4 Å². The summed E-state index contributed by atoms with van der Waals surface area (Å²) in [4.78, 5) is 25.9. The van der Waals surface area contributed by atoms with Gasteiger partial charge in [0.15, 0.2) is 5.78 Å². The van der Waals surface area contributed by atoms with E-state index in [0.29, 0.717) is 6.54 Å². The number of likely N-dealkylation sites (tertiary alicyclic amines) is 1. The van der Waals surface area contributed by atoms with E-state index in [1.165, 1.54) is 4.90 Å². The summed E-state index contributed by atoms with van der Waals surface area (Å²) in [5.41, 5.74) is 0.710. The third kappa shape index (κ3) is 2.93. The summed E-state index contributed by atoms with van der Waals surface area (Å²) in [7, 11) is 0. The van der Waals surface area contributed by atoms with Crippen LogP contribution in [0.4, 0.5) is 4.79 Å². The minimum absolute atomic E-state index is 0.162. The first kappa shape index (κ1) is 14.1. The predicted molar refractivity (Wildman–Crippen MR) is 77.7 cm³/mol. The molecule has 2 aliphatic heterocycles. The molecule has 0 bridgehead atoms. The number of piperidine rings is 1. The molecule has 0 aliphatic carbocycles. The first-order valence-electron chi connectivity index (χ1n) is 7.39. The maximum atomic E-state index is 12.3. The Morgan fingerprint density at radius 2 is 2.10 bits per heavy atom. The number of rotatable bonds is 2. The van der Waals surface area contributed by atoms with Crippen LogP contribution < -0.4 is 5.32 Å². The van der Waals surface area contributed by atoms with E-state index in [-0.39, 0.29) is 24.3 Å². The number of ketones is 1. The van der Waals surface area contributed by atoms with Crippen molar-refractivity contribution in [3.05, 3.63) is 35.9 Å². The van der Waals surface area contributed by atoms with E-state index < -0.39 is 6.09 Å². The van der Waals surface area contributed by atoms with E-state index in [1.54, 1.807) is 0 Å². The highest BCUT2D eigenvalue weighted by Gasteiger charge is 2.45. The molecular formula is C16H20N2O3. The number of nitrogens with one attached hydrogen (secondary N) is 1. The third-order valence-electron chi connectivity index (χ3n) is 4.49. The molecule has 2 fully saturated rings.